The molecule has 0 aliphatic rings. The molecule has 0 rings (SSSR count). The molecule has 0 aliphatic carbocycles. The lowest BCUT2D eigenvalue weighted by molar-refractivity contribution is -0.118. The van der Waals surface area contributed by atoms with Crippen molar-refractivity contribution in [1.82, 2.24) is 4.90 Å². The minimum Gasteiger partial charge on any atom is -0.333 e. The highest BCUT2D eigenvalue weighted by Crippen LogP contribution is 1.77. The highest BCUT2D eigenvalue weighted by molar-refractivity contribution is 5.46. The fourth-order valence-electron chi connectivity index (χ4n) is 0.0960. The summed E-state index contributed by atoms with van der Waals surface area (Å²) in [4.78, 5) is 11.2. The maximum atomic E-state index is 9.79. The van der Waals surface area contributed by atoms with Gasteiger partial charge in [0, 0.05) is 7.05 Å². The molecule has 0 saturated carbocycles. The molecule has 1 atom stereocenters. The molecule has 0 spiro atoms. The fraction of sp³-hybridized carbons (Fsp3) is 0.750. The molecule has 0 fully saturated rings. The average molecular weight is 102 g/mol. The zero-order valence-corrected chi connectivity index (χ0v) is 4.59. The predicted octanol–water partition coefficient (Wildman–Crippen LogP) is -0.621. The molecule has 0 bridgehead atoms. The normalized spacial score (nSPS) is 13.0. The van der Waals surface area contributed by atoms with Crippen molar-refractivity contribution >= 4 is 6.41 Å². The number of nitrogens with two attached hydrogens (primary N) is 1. The molecule has 42 valence electrons. The zero-order chi connectivity index (χ0) is 5.86. The summed E-state index contributed by atoms with van der Waals surface area (Å²) in [6.45, 7) is 1.74. The second-order valence-corrected chi connectivity index (χ2v) is 1.51. The van der Waals surface area contributed by atoms with Crippen LogP contribution in [0.15, 0.2) is 0 Å². The van der Waals surface area contributed by atoms with E-state index in [9.17, 15) is 4.79 Å². The van der Waals surface area contributed by atoms with Gasteiger partial charge >= 0.3 is 0 Å². The molecular weight excluding hydrogens is 92.1 g/mol. The van der Waals surface area contributed by atoms with Crippen LogP contribution in [0.3, 0.4) is 0 Å². The third-order valence-electron chi connectivity index (χ3n) is 0.809. The summed E-state index contributed by atoms with van der Waals surface area (Å²) in [5.41, 5.74) is 5.24. The molecule has 7 heavy (non-hydrogen) atoms. The third-order valence-corrected chi connectivity index (χ3v) is 0.809. The molecule has 2 N–H and O–H groups in total. The first-order valence-corrected chi connectivity index (χ1v) is 2.11. The SMILES string of the molecule is CC(N)N(C)C=O. The number of hydrogen-bond donors (Lipinski definition) is 1. The molecule has 3 heteroatoms. The average Bonchev–Trinajstić information content (AvgIpc) is 1.65. The lowest BCUT2D eigenvalue weighted by Gasteiger charge is -2.13. The molecule has 0 heterocycles. The van der Waals surface area contributed by atoms with Gasteiger partial charge < -0.3 is 10.6 Å². The van der Waals surface area contributed by atoms with Crippen molar-refractivity contribution in [2.75, 3.05) is 7.05 Å². The van der Waals surface area contributed by atoms with Crippen LogP contribution in [-0.2, 0) is 4.79 Å². The van der Waals surface area contributed by atoms with Crippen LogP contribution >= 0.6 is 0 Å². The number of amides is 1. The van der Waals surface area contributed by atoms with Gasteiger partial charge in [0.05, 0.1) is 6.17 Å². The van der Waals surface area contributed by atoms with Gasteiger partial charge in [0.1, 0.15) is 0 Å². The molecule has 0 aromatic rings. The van der Waals surface area contributed by atoms with E-state index in [-0.39, 0.29) is 6.17 Å². The first kappa shape index (κ1) is 6.43. The molecule has 0 aromatic carbocycles. The van der Waals surface area contributed by atoms with E-state index in [1.165, 1.54) is 4.90 Å². The van der Waals surface area contributed by atoms with Gasteiger partial charge in [0.15, 0.2) is 0 Å². The number of carbonyl (C=O) groups excluding carboxylic acids is 1. The standard InChI is InChI=1S/C4H10N2O/c1-4(5)6(2)3-7/h3-4H,5H2,1-2H3. The van der Waals surface area contributed by atoms with E-state index in [1.807, 2.05) is 0 Å². The Bertz CT molecular complexity index is 62.7. The quantitative estimate of drug-likeness (QED) is 0.373. The number of rotatable bonds is 2. The van der Waals surface area contributed by atoms with Crippen LogP contribution in [0.1, 0.15) is 6.92 Å². The van der Waals surface area contributed by atoms with E-state index in [2.05, 4.69) is 0 Å². The summed E-state index contributed by atoms with van der Waals surface area (Å²) in [6, 6.07) is 0. The van der Waals surface area contributed by atoms with E-state index in [1.54, 1.807) is 14.0 Å². The van der Waals surface area contributed by atoms with Gasteiger partial charge in [0.25, 0.3) is 0 Å². The lowest BCUT2D eigenvalue weighted by atomic mass is 10.5. The van der Waals surface area contributed by atoms with E-state index in [0.717, 1.165) is 0 Å². The van der Waals surface area contributed by atoms with Gasteiger partial charge in [-0.25, -0.2) is 0 Å². The Morgan fingerprint density at radius 3 is 2.29 bits per heavy atom. The van der Waals surface area contributed by atoms with Crippen LogP contribution in [-0.4, -0.2) is 24.5 Å². The Labute approximate surface area is 43.1 Å². The highest BCUT2D eigenvalue weighted by atomic mass is 16.1. The summed E-state index contributed by atoms with van der Waals surface area (Å²) in [5, 5.41) is 0. The maximum absolute atomic E-state index is 9.79. The van der Waals surface area contributed by atoms with Crippen molar-refractivity contribution < 1.29 is 4.79 Å². The van der Waals surface area contributed by atoms with Gasteiger partial charge in [-0.1, -0.05) is 0 Å². The van der Waals surface area contributed by atoms with Crippen molar-refractivity contribution in [3.63, 3.8) is 0 Å². The van der Waals surface area contributed by atoms with Crippen LogP contribution in [0.4, 0.5) is 0 Å². The monoisotopic (exact) mass is 102 g/mol. The smallest absolute Gasteiger partial charge is 0.210 e. The van der Waals surface area contributed by atoms with Crippen LogP contribution in [0.25, 0.3) is 0 Å². The van der Waals surface area contributed by atoms with Crippen molar-refractivity contribution in [3.05, 3.63) is 0 Å². The molecule has 0 saturated heterocycles. The molecule has 1 unspecified atom stereocenters. The molecular formula is C4H10N2O. The third kappa shape index (κ3) is 2.17. The van der Waals surface area contributed by atoms with Gasteiger partial charge in [-0.2, -0.15) is 0 Å². The summed E-state index contributed by atoms with van der Waals surface area (Å²) in [7, 11) is 1.64. The molecule has 1 amide bonds. The maximum Gasteiger partial charge on any atom is 0.210 e. The zero-order valence-electron chi connectivity index (χ0n) is 4.59. The van der Waals surface area contributed by atoms with Crippen molar-refractivity contribution in [3.8, 4) is 0 Å². The molecule has 0 radical (unpaired) electrons. The largest absolute Gasteiger partial charge is 0.333 e. The lowest BCUT2D eigenvalue weighted by Crippen LogP contribution is -2.34. The van der Waals surface area contributed by atoms with Crippen LogP contribution in [0.2, 0.25) is 0 Å². The Hall–Kier alpha value is -0.570. The summed E-state index contributed by atoms with van der Waals surface area (Å²) >= 11 is 0. The van der Waals surface area contributed by atoms with Gasteiger partial charge in [-0.05, 0) is 6.92 Å². The Morgan fingerprint density at radius 1 is 1.86 bits per heavy atom. The van der Waals surface area contributed by atoms with Crippen molar-refractivity contribution in [2.24, 2.45) is 5.73 Å². The molecule has 0 aromatic heterocycles. The highest BCUT2D eigenvalue weighted by Gasteiger charge is 1.94. The van der Waals surface area contributed by atoms with E-state index in [0.29, 0.717) is 6.41 Å². The van der Waals surface area contributed by atoms with E-state index in [4.69, 9.17) is 5.73 Å². The molecule has 3 nitrogen and oxygen atoms in total. The second kappa shape index (κ2) is 2.58. The Kier molecular flexibility index (Phi) is 2.37. The number of nitrogens with zero attached hydrogens (tertiary/aromatic N) is 1. The van der Waals surface area contributed by atoms with E-state index < -0.39 is 0 Å². The number of hydrogen-bond acceptors (Lipinski definition) is 2. The van der Waals surface area contributed by atoms with Crippen LogP contribution in [0.5, 0.6) is 0 Å². The van der Waals surface area contributed by atoms with Crippen molar-refractivity contribution in [1.29, 1.82) is 0 Å². The van der Waals surface area contributed by atoms with Gasteiger partial charge in [-0.15, -0.1) is 0 Å². The first-order chi connectivity index (χ1) is 3.18. The number of carbonyl (C=O) groups is 1. The van der Waals surface area contributed by atoms with Crippen LogP contribution in [0, 0.1) is 0 Å². The fourth-order valence-corrected chi connectivity index (χ4v) is 0.0960. The minimum atomic E-state index is -0.169. The predicted molar refractivity (Wildman–Crippen MR) is 27.5 cm³/mol. The summed E-state index contributed by atoms with van der Waals surface area (Å²) < 4.78 is 0. The summed E-state index contributed by atoms with van der Waals surface area (Å²) in [5.74, 6) is 0. The van der Waals surface area contributed by atoms with Crippen LogP contribution < -0.4 is 5.73 Å². The van der Waals surface area contributed by atoms with Crippen molar-refractivity contribution in [2.45, 2.75) is 13.1 Å². The van der Waals surface area contributed by atoms with E-state index >= 15 is 0 Å². The Balaban J connectivity index is 3.33. The molecule has 0 aliphatic heterocycles. The topological polar surface area (TPSA) is 46.3 Å². The minimum absolute atomic E-state index is 0.169. The second-order valence-electron chi connectivity index (χ2n) is 1.51. The van der Waals surface area contributed by atoms with Gasteiger partial charge in [0.2, 0.25) is 6.41 Å². The summed E-state index contributed by atoms with van der Waals surface area (Å²) in [6.07, 6.45) is 0.530. The van der Waals surface area contributed by atoms with Gasteiger partial charge in [-0.3, -0.25) is 4.79 Å². The first-order valence-electron chi connectivity index (χ1n) is 2.11. The Morgan fingerprint density at radius 2 is 2.29 bits per heavy atom.